The van der Waals surface area contributed by atoms with Crippen LogP contribution in [0.3, 0.4) is 0 Å². The number of carboxylic acid groups (broad SMARTS) is 1. The first-order chi connectivity index (χ1) is 8.50. The average Bonchev–Trinajstić information content (AvgIpc) is 2.36. The van der Waals surface area contributed by atoms with Gasteiger partial charge in [0.25, 0.3) is 0 Å². The maximum Gasteiger partial charge on any atom is 0.329 e. The fraction of sp³-hybridized carbons (Fsp3) is 0.833. The molecule has 0 spiro atoms. The standard InChI is InChI=1S/C12H21NO5/c1-9(17-2)3-4-10(14)13-12(11(15)16)5-7-18-8-6-12/h9H,3-8H2,1-2H3,(H,13,14)(H,15,16). The van der Waals surface area contributed by atoms with E-state index in [0.29, 0.717) is 32.5 Å². The molecule has 1 unspecified atom stereocenters. The number of hydrogen-bond donors (Lipinski definition) is 2. The van der Waals surface area contributed by atoms with E-state index in [4.69, 9.17) is 9.47 Å². The number of methoxy groups -OCH3 is 1. The van der Waals surface area contributed by atoms with Gasteiger partial charge in [0, 0.05) is 39.6 Å². The van der Waals surface area contributed by atoms with E-state index in [1.165, 1.54) is 0 Å². The molecule has 1 fully saturated rings. The van der Waals surface area contributed by atoms with Crippen LogP contribution in [-0.4, -0.2) is 48.9 Å². The van der Waals surface area contributed by atoms with E-state index < -0.39 is 11.5 Å². The molecule has 1 heterocycles. The van der Waals surface area contributed by atoms with E-state index in [9.17, 15) is 14.7 Å². The van der Waals surface area contributed by atoms with Crippen molar-refractivity contribution < 1.29 is 24.2 Å². The number of ether oxygens (including phenoxy) is 2. The Morgan fingerprint density at radius 3 is 2.56 bits per heavy atom. The highest BCUT2D eigenvalue weighted by atomic mass is 16.5. The summed E-state index contributed by atoms with van der Waals surface area (Å²) in [6, 6.07) is 0. The lowest BCUT2D eigenvalue weighted by Gasteiger charge is -2.34. The van der Waals surface area contributed by atoms with Crippen LogP contribution < -0.4 is 5.32 Å². The van der Waals surface area contributed by atoms with Crippen LogP contribution >= 0.6 is 0 Å². The molecule has 1 saturated heterocycles. The maximum absolute atomic E-state index is 11.8. The smallest absolute Gasteiger partial charge is 0.329 e. The van der Waals surface area contributed by atoms with E-state index in [0.717, 1.165) is 0 Å². The normalized spacial score (nSPS) is 20.1. The van der Waals surface area contributed by atoms with Crippen molar-refractivity contribution in [2.75, 3.05) is 20.3 Å². The van der Waals surface area contributed by atoms with Gasteiger partial charge in [-0.25, -0.2) is 4.79 Å². The number of amides is 1. The minimum Gasteiger partial charge on any atom is -0.480 e. The molecular weight excluding hydrogens is 238 g/mol. The number of carbonyl (C=O) groups excluding carboxylic acids is 1. The van der Waals surface area contributed by atoms with Gasteiger partial charge in [-0.05, 0) is 13.3 Å². The summed E-state index contributed by atoms with van der Waals surface area (Å²) in [5.41, 5.74) is -1.16. The van der Waals surface area contributed by atoms with Crippen LogP contribution in [0.5, 0.6) is 0 Å². The van der Waals surface area contributed by atoms with Crippen LogP contribution in [0, 0.1) is 0 Å². The van der Waals surface area contributed by atoms with Gasteiger partial charge in [0.15, 0.2) is 0 Å². The van der Waals surface area contributed by atoms with Crippen molar-refractivity contribution >= 4 is 11.9 Å². The molecule has 1 atom stereocenters. The van der Waals surface area contributed by atoms with Crippen LogP contribution in [0.15, 0.2) is 0 Å². The quantitative estimate of drug-likeness (QED) is 0.727. The number of rotatable bonds is 6. The number of carbonyl (C=O) groups is 2. The Morgan fingerprint density at radius 2 is 2.06 bits per heavy atom. The SMILES string of the molecule is COC(C)CCC(=O)NC1(C(=O)O)CCOCC1. The van der Waals surface area contributed by atoms with Gasteiger partial charge in [-0.1, -0.05) is 0 Å². The summed E-state index contributed by atoms with van der Waals surface area (Å²) in [5.74, 6) is -1.23. The van der Waals surface area contributed by atoms with E-state index >= 15 is 0 Å². The summed E-state index contributed by atoms with van der Waals surface area (Å²) in [7, 11) is 1.58. The van der Waals surface area contributed by atoms with Gasteiger partial charge in [0.1, 0.15) is 5.54 Å². The average molecular weight is 259 g/mol. The molecule has 2 N–H and O–H groups in total. The van der Waals surface area contributed by atoms with Crippen LogP contribution in [0.2, 0.25) is 0 Å². The van der Waals surface area contributed by atoms with Crippen molar-refractivity contribution in [3.63, 3.8) is 0 Å². The molecule has 1 aliphatic heterocycles. The highest BCUT2D eigenvalue weighted by molar-refractivity contribution is 5.87. The lowest BCUT2D eigenvalue weighted by Crippen LogP contribution is -2.57. The van der Waals surface area contributed by atoms with Crippen molar-refractivity contribution in [3.05, 3.63) is 0 Å². The second-order valence-corrected chi connectivity index (χ2v) is 4.63. The summed E-state index contributed by atoms with van der Waals surface area (Å²) in [4.78, 5) is 23.1. The maximum atomic E-state index is 11.8. The second kappa shape index (κ2) is 6.70. The Balaban J connectivity index is 2.50. The molecule has 104 valence electrons. The van der Waals surface area contributed by atoms with Gasteiger partial charge in [-0.2, -0.15) is 0 Å². The minimum atomic E-state index is -1.16. The Kier molecular flexibility index (Phi) is 5.55. The second-order valence-electron chi connectivity index (χ2n) is 4.63. The van der Waals surface area contributed by atoms with E-state index in [1.807, 2.05) is 6.92 Å². The highest BCUT2D eigenvalue weighted by Crippen LogP contribution is 2.21. The topological polar surface area (TPSA) is 84.9 Å². The van der Waals surface area contributed by atoms with Gasteiger partial charge in [-0.3, -0.25) is 4.79 Å². The Bertz CT molecular complexity index is 299. The fourth-order valence-corrected chi connectivity index (χ4v) is 1.89. The Morgan fingerprint density at radius 1 is 1.44 bits per heavy atom. The van der Waals surface area contributed by atoms with Crippen LogP contribution in [0.1, 0.15) is 32.6 Å². The Labute approximate surface area is 107 Å². The van der Waals surface area contributed by atoms with Crippen molar-refractivity contribution in [3.8, 4) is 0 Å². The van der Waals surface area contributed by atoms with Crippen molar-refractivity contribution in [2.24, 2.45) is 0 Å². The molecule has 0 aromatic carbocycles. The number of hydrogen-bond acceptors (Lipinski definition) is 4. The first-order valence-electron chi connectivity index (χ1n) is 6.15. The number of carboxylic acids is 1. The lowest BCUT2D eigenvalue weighted by molar-refractivity contribution is -0.152. The lowest BCUT2D eigenvalue weighted by atomic mass is 9.90. The molecule has 0 aromatic heterocycles. The fourth-order valence-electron chi connectivity index (χ4n) is 1.89. The highest BCUT2D eigenvalue weighted by Gasteiger charge is 2.41. The third-order valence-corrected chi connectivity index (χ3v) is 3.31. The molecule has 1 aliphatic rings. The molecule has 1 rings (SSSR count). The monoisotopic (exact) mass is 259 g/mol. The largest absolute Gasteiger partial charge is 0.480 e. The number of nitrogens with one attached hydrogen (secondary N) is 1. The predicted octanol–water partition coefficient (Wildman–Crippen LogP) is 0.551. The van der Waals surface area contributed by atoms with Gasteiger partial charge in [-0.15, -0.1) is 0 Å². The molecular formula is C12H21NO5. The molecule has 0 radical (unpaired) electrons. The summed E-state index contributed by atoms with van der Waals surface area (Å²) in [5, 5.41) is 11.9. The summed E-state index contributed by atoms with van der Waals surface area (Å²) in [6.07, 6.45) is 1.47. The van der Waals surface area contributed by atoms with Crippen molar-refractivity contribution in [1.82, 2.24) is 5.32 Å². The van der Waals surface area contributed by atoms with Gasteiger partial charge < -0.3 is 19.9 Å². The van der Waals surface area contributed by atoms with Crippen LogP contribution in [0.4, 0.5) is 0 Å². The third kappa shape index (κ3) is 3.96. The minimum absolute atomic E-state index is 0.00813. The zero-order valence-electron chi connectivity index (χ0n) is 10.9. The molecule has 18 heavy (non-hydrogen) atoms. The van der Waals surface area contributed by atoms with Crippen molar-refractivity contribution in [2.45, 2.75) is 44.2 Å². The molecule has 0 saturated carbocycles. The van der Waals surface area contributed by atoms with E-state index in [2.05, 4.69) is 5.32 Å². The Hall–Kier alpha value is -1.14. The van der Waals surface area contributed by atoms with Crippen LogP contribution in [-0.2, 0) is 19.1 Å². The number of aliphatic carboxylic acids is 1. The summed E-state index contributed by atoms with van der Waals surface area (Å²) in [6.45, 7) is 2.59. The molecule has 0 bridgehead atoms. The third-order valence-electron chi connectivity index (χ3n) is 3.31. The predicted molar refractivity (Wildman–Crippen MR) is 64.3 cm³/mol. The van der Waals surface area contributed by atoms with E-state index in [-0.39, 0.29) is 18.4 Å². The first kappa shape index (κ1) is 14.9. The summed E-state index contributed by atoms with van der Waals surface area (Å²) >= 11 is 0. The van der Waals surface area contributed by atoms with Gasteiger partial charge >= 0.3 is 5.97 Å². The molecule has 0 aliphatic carbocycles. The van der Waals surface area contributed by atoms with Gasteiger partial charge in [0.05, 0.1) is 6.10 Å². The van der Waals surface area contributed by atoms with Gasteiger partial charge in [0.2, 0.25) is 5.91 Å². The first-order valence-corrected chi connectivity index (χ1v) is 6.15. The zero-order valence-corrected chi connectivity index (χ0v) is 10.9. The molecule has 6 heteroatoms. The zero-order chi connectivity index (χ0) is 13.6. The van der Waals surface area contributed by atoms with Crippen LogP contribution in [0.25, 0.3) is 0 Å². The molecule has 0 aromatic rings. The van der Waals surface area contributed by atoms with Crippen molar-refractivity contribution in [1.29, 1.82) is 0 Å². The van der Waals surface area contributed by atoms with E-state index in [1.54, 1.807) is 7.11 Å². The molecule has 6 nitrogen and oxygen atoms in total. The molecule has 1 amide bonds. The summed E-state index contributed by atoms with van der Waals surface area (Å²) < 4.78 is 10.2.